The van der Waals surface area contributed by atoms with E-state index in [0.29, 0.717) is 23.7 Å². The minimum atomic E-state index is -2.96. The fourth-order valence-corrected chi connectivity index (χ4v) is 6.81. The Bertz CT molecular complexity index is 970. The van der Waals surface area contributed by atoms with Gasteiger partial charge in [-0.15, -0.1) is 0 Å². The molecule has 1 amide bonds. The highest BCUT2D eigenvalue weighted by Gasteiger charge is 2.42. The van der Waals surface area contributed by atoms with Crippen LogP contribution in [-0.4, -0.2) is 48.8 Å². The largest absolute Gasteiger partial charge is 0.469 e. The molecule has 0 radical (unpaired) electrons. The van der Waals surface area contributed by atoms with E-state index in [1.165, 1.54) is 11.8 Å². The molecule has 2 atom stereocenters. The van der Waals surface area contributed by atoms with Gasteiger partial charge in [0.15, 0.2) is 15.0 Å². The number of amides is 1. The molecule has 1 fully saturated rings. The molecular weight excluding hydrogens is 386 g/mol. The van der Waals surface area contributed by atoms with Gasteiger partial charge in [-0.3, -0.25) is 9.79 Å². The molecule has 0 unspecified atom stereocenters. The van der Waals surface area contributed by atoms with Crippen molar-refractivity contribution in [2.75, 3.05) is 23.4 Å². The molecule has 2 aromatic rings. The Morgan fingerprint density at radius 2 is 2.15 bits per heavy atom. The molecule has 1 aromatic carbocycles. The van der Waals surface area contributed by atoms with Gasteiger partial charge in [-0.1, -0.05) is 17.8 Å². The number of furan rings is 1. The van der Waals surface area contributed by atoms with E-state index in [2.05, 4.69) is 15.6 Å². The number of fused-ring (bicyclic) bond motifs is 1. The van der Waals surface area contributed by atoms with Crippen molar-refractivity contribution in [2.45, 2.75) is 17.7 Å². The van der Waals surface area contributed by atoms with Crippen LogP contribution in [0.2, 0.25) is 0 Å². The maximum absolute atomic E-state index is 12.3. The maximum atomic E-state index is 12.3. The highest BCUT2D eigenvalue weighted by Crippen LogP contribution is 2.34. The summed E-state index contributed by atoms with van der Waals surface area (Å²) in [6.45, 7) is 0.490. The van der Waals surface area contributed by atoms with E-state index in [0.717, 1.165) is 11.4 Å². The van der Waals surface area contributed by atoms with Crippen LogP contribution in [0.5, 0.6) is 0 Å². The van der Waals surface area contributed by atoms with Crippen molar-refractivity contribution in [1.82, 2.24) is 5.32 Å². The lowest BCUT2D eigenvalue weighted by Crippen LogP contribution is -2.25. The zero-order chi connectivity index (χ0) is 18.9. The first-order valence-electron chi connectivity index (χ1n) is 8.61. The third kappa shape index (κ3) is 4.36. The van der Waals surface area contributed by atoms with Crippen LogP contribution in [0.4, 0.5) is 5.69 Å². The number of rotatable bonds is 5. The number of nitrogens with zero attached hydrogens (tertiary/aromatic N) is 1. The molecule has 1 aromatic heterocycles. The first kappa shape index (κ1) is 18.1. The number of carbonyl (C=O) groups excluding carboxylic acids is 1. The number of carbonyl (C=O) groups is 1. The van der Waals surface area contributed by atoms with Gasteiger partial charge >= 0.3 is 0 Å². The van der Waals surface area contributed by atoms with E-state index in [1.807, 2.05) is 18.2 Å². The van der Waals surface area contributed by atoms with Crippen LogP contribution < -0.4 is 10.6 Å². The second-order valence-corrected chi connectivity index (χ2v) is 9.91. The molecular formula is C18H19N3O4S2. The third-order valence-corrected chi connectivity index (χ3v) is 7.57. The Labute approximate surface area is 161 Å². The smallest absolute Gasteiger partial charge is 0.251 e. The zero-order valence-electron chi connectivity index (χ0n) is 14.4. The van der Waals surface area contributed by atoms with Gasteiger partial charge in [0.25, 0.3) is 5.91 Å². The Morgan fingerprint density at radius 1 is 1.26 bits per heavy atom. The number of aliphatic imine (C=N–C) groups is 1. The first-order chi connectivity index (χ1) is 13.0. The van der Waals surface area contributed by atoms with Gasteiger partial charge in [0.2, 0.25) is 0 Å². The molecule has 0 bridgehead atoms. The highest BCUT2D eigenvalue weighted by atomic mass is 32.2. The number of benzene rings is 1. The normalized spacial score (nSPS) is 22.9. The van der Waals surface area contributed by atoms with Crippen LogP contribution in [0, 0.1) is 0 Å². The number of sulfone groups is 1. The van der Waals surface area contributed by atoms with Crippen molar-refractivity contribution in [2.24, 2.45) is 4.99 Å². The molecule has 3 heterocycles. The molecule has 0 spiro atoms. The molecule has 2 N–H and O–H groups in total. The molecule has 2 aliphatic heterocycles. The molecule has 142 valence electrons. The van der Waals surface area contributed by atoms with Gasteiger partial charge in [-0.25, -0.2) is 8.42 Å². The van der Waals surface area contributed by atoms with Crippen LogP contribution in [0.3, 0.4) is 0 Å². The number of hydrogen-bond donors (Lipinski definition) is 2. The van der Waals surface area contributed by atoms with Crippen LogP contribution >= 0.6 is 11.8 Å². The van der Waals surface area contributed by atoms with Crippen molar-refractivity contribution < 1.29 is 17.6 Å². The Kier molecular flexibility index (Phi) is 4.96. The lowest BCUT2D eigenvalue weighted by atomic mass is 10.2. The summed E-state index contributed by atoms with van der Waals surface area (Å²) in [4.78, 5) is 16.8. The summed E-state index contributed by atoms with van der Waals surface area (Å²) in [5.74, 6) is 0.965. The van der Waals surface area contributed by atoms with Crippen molar-refractivity contribution in [1.29, 1.82) is 0 Å². The van der Waals surface area contributed by atoms with Gasteiger partial charge in [0.1, 0.15) is 5.76 Å². The lowest BCUT2D eigenvalue weighted by Gasteiger charge is -2.09. The molecule has 4 rings (SSSR count). The first-order valence-corrected chi connectivity index (χ1v) is 11.3. The summed E-state index contributed by atoms with van der Waals surface area (Å²) in [5, 5.41) is 6.76. The lowest BCUT2D eigenvalue weighted by molar-refractivity contribution is 0.0953. The predicted molar refractivity (Wildman–Crippen MR) is 106 cm³/mol. The second-order valence-electron chi connectivity index (χ2n) is 6.53. The van der Waals surface area contributed by atoms with E-state index in [4.69, 9.17) is 4.42 Å². The molecule has 1 saturated heterocycles. The Hall–Kier alpha value is -2.26. The number of nitrogens with one attached hydrogen (secondary N) is 2. The fourth-order valence-electron chi connectivity index (χ4n) is 3.13. The van der Waals surface area contributed by atoms with Crippen molar-refractivity contribution >= 4 is 38.4 Å². The minimum Gasteiger partial charge on any atom is -0.469 e. The van der Waals surface area contributed by atoms with E-state index < -0.39 is 9.84 Å². The van der Waals surface area contributed by atoms with Crippen LogP contribution in [0.15, 0.2) is 52.1 Å². The average molecular weight is 406 g/mol. The van der Waals surface area contributed by atoms with Gasteiger partial charge in [0.05, 0.1) is 23.8 Å². The molecule has 0 aliphatic carbocycles. The van der Waals surface area contributed by atoms with Gasteiger partial charge < -0.3 is 15.1 Å². The number of anilines is 1. The van der Waals surface area contributed by atoms with Crippen LogP contribution in [-0.2, 0) is 16.3 Å². The molecule has 2 aliphatic rings. The quantitative estimate of drug-likeness (QED) is 0.788. The summed E-state index contributed by atoms with van der Waals surface area (Å²) in [5.41, 5.74) is 1.30. The van der Waals surface area contributed by atoms with Crippen molar-refractivity contribution in [3.8, 4) is 0 Å². The molecule has 9 heteroatoms. The maximum Gasteiger partial charge on any atom is 0.251 e. The molecule has 27 heavy (non-hydrogen) atoms. The summed E-state index contributed by atoms with van der Waals surface area (Å²) in [6.07, 6.45) is 2.25. The number of amidine groups is 1. The SMILES string of the molecule is O=C(NCCc1ccco1)c1cccc(NC2=N[C@H]3CS(=O)(=O)C[C@H]3S2)c1. The summed E-state index contributed by atoms with van der Waals surface area (Å²) < 4.78 is 28.5. The van der Waals surface area contributed by atoms with E-state index in [-0.39, 0.29) is 28.7 Å². The molecule has 0 saturated carbocycles. The summed E-state index contributed by atoms with van der Waals surface area (Å²) in [7, 11) is -2.96. The Morgan fingerprint density at radius 3 is 2.93 bits per heavy atom. The van der Waals surface area contributed by atoms with Crippen molar-refractivity contribution in [3.05, 3.63) is 54.0 Å². The molecule has 7 nitrogen and oxygen atoms in total. The average Bonchev–Trinajstić information content (AvgIpc) is 3.30. The minimum absolute atomic E-state index is 0.00872. The standard InChI is InChI=1S/C18H19N3O4S2/c22-17(19-7-6-14-5-2-8-25-14)12-3-1-4-13(9-12)20-18-21-15-10-27(23,24)11-16(15)26-18/h1-5,8-9,15-16H,6-7,10-11H2,(H,19,22)(H,20,21)/t15-,16+/m0/s1. The van der Waals surface area contributed by atoms with Gasteiger partial charge in [-0.2, -0.15) is 0 Å². The summed E-state index contributed by atoms with van der Waals surface area (Å²) in [6, 6.07) is 10.7. The third-order valence-electron chi connectivity index (χ3n) is 4.43. The number of thioether (sulfide) groups is 1. The monoisotopic (exact) mass is 405 g/mol. The van der Waals surface area contributed by atoms with E-state index >= 15 is 0 Å². The predicted octanol–water partition coefficient (Wildman–Crippen LogP) is 1.93. The summed E-state index contributed by atoms with van der Waals surface area (Å²) >= 11 is 1.45. The number of hydrogen-bond acceptors (Lipinski definition) is 7. The zero-order valence-corrected chi connectivity index (χ0v) is 16.1. The fraction of sp³-hybridized carbons (Fsp3) is 0.333. The highest BCUT2D eigenvalue weighted by molar-refractivity contribution is 8.15. The van der Waals surface area contributed by atoms with Crippen molar-refractivity contribution in [3.63, 3.8) is 0 Å². The van der Waals surface area contributed by atoms with Crippen LogP contribution in [0.1, 0.15) is 16.1 Å². The van der Waals surface area contributed by atoms with Crippen LogP contribution in [0.25, 0.3) is 0 Å². The Balaban J connectivity index is 1.34. The van der Waals surface area contributed by atoms with E-state index in [1.54, 1.807) is 24.5 Å². The second kappa shape index (κ2) is 7.40. The van der Waals surface area contributed by atoms with E-state index in [9.17, 15) is 13.2 Å². The topological polar surface area (TPSA) is 101 Å². The van der Waals surface area contributed by atoms with Gasteiger partial charge in [0, 0.05) is 29.5 Å². The van der Waals surface area contributed by atoms with Gasteiger partial charge in [-0.05, 0) is 30.3 Å².